The van der Waals surface area contributed by atoms with E-state index in [1.165, 1.54) is 12.1 Å². The van der Waals surface area contributed by atoms with Crippen LogP contribution in [0.2, 0.25) is 0 Å². The van der Waals surface area contributed by atoms with E-state index in [9.17, 15) is 44.7 Å². The van der Waals surface area contributed by atoms with Crippen LogP contribution in [0, 0.1) is 11.6 Å². The Bertz CT molecular complexity index is 1470. The normalized spacial score (nSPS) is 15.7. The number of carbonyl (C=O) groups is 2. The van der Waals surface area contributed by atoms with E-state index < -0.39 is 65.2 Å². The molecular formula is C30H26F8N2O4. The molecule has 0 saturated heterocycles. The van der Waals surface area contributed by atoms with E-state index in [1.54, 1.807) is 30.3 Å². The van der Waals surface area contributed by atoms with Crippen LogP contribution in [-0.2, 0) is 9.53 Å². The third-order valence-corrected chi connectivity index (χ3v) is 7.25. The fourth-order valence-electron chi connectivity index (χ4n) is 4.91. The molecule has 236 valence electrons. The summed E-state index contributed by atoms with van der Waals surface area (Å²) in [4.78, 5) is 24.5. The fourth-order valence-corrected chi connectivity index (χ4v) is 4.91. The minimum absolute atomic E-state index is 0.0661. The van der Waals surface area contributed by atoms with Gasteiger partial charge in [-0.25, -0.2) is 18.4 Å². The average Bonchev–Trinajstić information content (AvgIpc) is 3.76. The Morgan fingerprint density at radius 1 is 0.864 bits per heavy atom. The first kappa shape index (κ1) is 32.6. The van der Waals surface area contributed by atoms with Crippen LogP contribution in [0.1, 0.15) is 41.4 Å². The quantitative estimate of drug-likeness (QED) is 0.171. The van der Waals surface area contributed by atoms with Crippen LogP contribution in [0.25, 0.3) is 0 Å². The number of ether oxygens (including phenoxy) is 2. The highest BCUT2D eigenvalue weighted by molar-refractivity contribution is 5.83. The molecule has 0 bridgehead atoms. The summed E-state index contributed by atoms with van der Waals surface area (Å²) in [7, 11) is 0.782. The maximum Gasteiger partial charge on any atom is 0.461 e. The van der Waals surface area contributed by atoms with Crippen molar-refractivity contribution in [2.24, 2.45) is 0 Å². The van der Waals surface area contributed by atoms with Gasteiger partial charge < -0.3 is 20.1 Å². The number of carbonyl (C=O) groups excluding carboxylic acids is 2. The zero-order valence-corrected chi connectivity index (χ0v) is 22.9. The largest absolute Gasteiger partial charge is 0.465 e. The molecule has 1 aliphatic rings. The summed E-state index contributed by atoms with van der Waals surface area (Å²) in [5.74, 6) is -10.5. The van der Waals surface area contributed by atoms with Crippen molar-refractivity contribution in [2.75, 3.05) is 13.7 Å². The molecule has 3 aromatic carbocycles. The molecule has 1 aliphatic carbocycles. The Morgan fingerprint density at radius 3 is 2.07 bits per heavy atom. The Kier molecular flexibility index (Phi) is 9.40. The standard InChI is InChI=1S/C30H26F8N2O4/c1-43-26(41)29(35,36)28(11-12-28)40-27(42)39-16-23(17-5-3-2-4-6-17)24(18-7-9-20(31)10-8-18)19-13-21(32)15-22(14-19)44-30(37,38)25(33)34/h2-10,13-15,23-25H,11-12,16H2,1H3,(H2,39,40,42)/t23?,24-/m0/s1. The lowest BCUT2D eigenvalue weighted by Gasteiger charge is -2.30. The Balaban J connectivity index is 1.72. The summed E-state index contributed by atoms with van der Waals surface area (Å²) in [6.45, 7) is -0.336. The highest BCUT2D eigenvalue weighted by Gasteiger charge is 2.68. The highest BCUT2D eigenvalue weighted by Crippen LogP contribution is 2.49. The number of benzene rings is 3. The molecule has 0 aromatic heterocycles. The number of hydrogen-bond acceptors (Lipinski definition) is 4. The number of urea groups is 1. The predicted octanol–water partition coefficient (Wildman–Crippen LogP) is 6.76. The van der Waals surface area contributed by atoms with Crippen molar-refractivity contribution in [1.82, 2.24) is 10.6 Å². The van der Waals surface area contributed by atoms with E-state index >= 15 is 0 Å². The summed E-state index contributed by atoms with van der Waals surface area (Å²) in [6.07, 6.45) is -9.58. The molecule has 4 rings (SSSR count). The van der Waals surface area contributed by atoms with Crippen LogP contribution in [0.3, 0.4) is 0 Å². The first-order chi connectivity index (χ1) is 20.7. The van der Waals surface area contributed by atoms with Gasteiger partial charge in [0.05, 0.1) is 7.11 Å². The van der Waals surface area contributed by atoms with Crippen molar-refractivity contribution in [3.8, 4) is 5.75 Å². The van der Waals surface area contributed by atoms with Crippen LogP contribution in [0.15, 0.2) is 72.8 Å². The molecule has 0 spiro atoms. The molecule has 0 radical (unpaired) electrons. The summed E-state index contributed by atoms with van der Waals surface area (Å²) < 4.78 is 119. The lowest BCUT2D eigenvalue weighted by Crippen LogP contribution is -2.57. The number of amides is 2. The average molecular weight is 631 g/mol. The number of halogens is 8. The zero-order chi connectivity index (χ0) is 32.3. The number of esters is 1. The zero-order valence-electron chi connectivity index (χ0n) is 22.9. The van der Waals surface area contributed by atoms with Gasteiger partial charge in [0, 0.05) is 24.4 Å². The van der Waals surface area contributed by atoms with Crippen molar-refractivity contribution < 1.29 is 54.2 Å². The van der Waals surface area contributed by atoms with Gasteiger partial charge in [-0.3, -0.25) is 0 Å². The predicted molar refractivity (Wildman–Crippen MR) is 141 cm³/mol. The van der Waals surface area contributed by atoms with Crippen molar-refractivity contribution in [3.63, 3.8) is 0 Å². The first-order valence-corrected chi connectivity index (χ1v) is 13.2. The molecule has 3 aromatic rings. The molecule has 2 N–H and O–H groups in total. The molecule has 0 heterocycles. The van der Waals surface area contributed by atoms with Crippen molar-refractivity contribution in [3.05, 3.63) is 101 Å². The minimum atomic E-state index is -4.94. The second-order valence-electron chi connectivity index (χ2n) is 10.2. The van der Waals surface area contributed by atoms with Crippen LogP contribution >= 0.6 is 0 Å². The van der Waals surface area contributed by atoms with Gasteiger partial charge in [-0.2, -0.15) is 26.3 Å². The molecule has 0 aliphatic heterocycles. The van der Waals surface area contributed by atoms with Gasteiger partial charge >= 0.3 is 30.5 Å². The molecule has 1 unspecified atom stereocenters. The minimum Gasteiger partial charge on any atom is -0.465 e. The van der Waals surface area contributed by atoms with Gasteiger partial charge in [-0.05, 0) is 53.8 Å². The Morgan fingerprint density at radius 2 is 1.50 bits per heavy atom. The monoisotopic (exact) mass is 630 g/mol. The molecule has 44 heavy (non-hydrogen) atoms. The van der Waals surface area contributed by atoms with Crippen molar-refractivity contribution in [1.29, 1.82) is 0 Å². The van der Waals surface area contributed by atoms with Crippen LogP contribution in [-0.4, -0.2) is 49.7 Å². The van der Waals surface area contributed by atoms with Crippen molar-refractivity contribution in [2.45, 2.75) is 48.7 Å². The molecule has 6 nitrogen and oxygen atoms in total. The van der Waals surface area contributed by atoms with E-state index in [1.807, 2.05) is 0 Å². The number of hydrogen-bond donors (Lipinski definition) is 2. The van der Waals surface area contributed by atoms with Crippen LogP contribution in [0.5, 0.6) is 5.75 Å². The van der Waals surface area contributed by atoms with Crippen LogP contribution < -0.4 is 15.4 Å². The second-order valence-corrected chi connectivity index (χ2v) is 10.2. The molecule has 1 saturated carbocycles. The topological polar surface area (TPSA) is 76.7 Å². The smallest absolute Gasteiger partial charge is 0.461 e. The lowest BCUT2D eigenvalue weighted by molar-refractivity contribution is -0.253. The molecular weight excluding hydrogens is 604 g/mol. The molecule has 14 heteroatoms. The number of alkyl halides is 6. The lowest BCUT2D eigenvalue weighted by atomic mass is 9.77. The summed E-state index contributed by atoms with van der Waals surface area (Å²) in [5.41, 5.74) is -1.44. The SMILES string of the molecule is COC(=O)C(F)(F)C1(NC(=O)NCC(c2ccccc2)[C@@H](c2ccc(F)cc2)c2cc(F)cc(OC(F)(F)C(F)F)c2)CC1. The maximum absolute atomic E-state index is 14.8. The van der Waals surface area contributed by atoms with E-state index in [4.69, 9.17) is 0 Å². The third-order valence-electron chi connectivity index (χ3n) is 7.25. The summed E-state index contributed by atoms with van der Waals surface area (Å²) in [6, 6.07) is 14.2. The second kappa shape index (κ2) is 12.7. The van der Waals surface area contributed by atoms with Gasteiger partial charge in [0.1, 0.15) is 22.9 Å². The molecule has 1 fully saturated rings. The highest BCUT2D eigenvalue weighted by atomic mass is 19.3. The fraction of sp³-hybridized carbons (Fsp3) is 0.333. The van der Waals surface area contributed by atoms with E-state index in [0.717, 1.165) is 31.4 Å². The third kappa shape index (κ3) is 7.05. The van der Waals surface area contributed by atoms with Gasteiger partial charge in [-0.15, -0.1) is 0 Å². The number of rotatable bonds is 12. The number of methoxy groups -OCH3 is 1. The Hall–Kier alpha value is -4.36. The van der Waals surface area contributed by atoms with E-state index in [-0.39, 0.29) is 24.9 Å². The molecule has 2 atom stereocenters. The summed E-state index contributed by atoms with van der Waals surface area (Å²) in [5, 5.41) is 4.59. The van der Waals surface area contributed by atoms with E-state index in [0.29, 0.717) is 17.2 Å². The Labute approximate surface area is 246 Å². The van der Waals surface area contributed by atoms with Gasteiger partial charge in [0.15, 0.2) is 0 Å². The van der Waals surface area contributed by atoms with Crippen LogP contribution in [0.4, 0.5) is 39.9 Å². The van der Waals surface area contributed by atoms with Gasteiger partial charge in [0.25, 0.3) is 0 Å². The van der Waals surface area contributed by atoms with Gasteiger partial charge in [-0.1, -0.05) is 42.5 Å². The first-order valence-electron chi connectivity index (χ1n) is 13.2. The van der Waals surface area contributed by atoms with Gasteiger partial charge in [0.2, 0.25) is 0 Å². The van der Waals surface area contributed by atoms with Crippen molar-refractivity contribution >= 4 is 12.0 Å². The number of nitrogens with one attached hydrogen (secondary N) is 2. The maximum atomic E-state index is 14.8. The molecule has 2 amide bonds. The van der Waals surface area contributed by atoms with E-state index in [2.05, 4.69) is 20.1 Å². The summed E-state index contributed by atoms with van der Waals surface area (Å²) >= 11 is 0.